The quantitative estimate of drug-likeness (QED) is 0.635. The number of nitrogen functional groups attached to an aromatic ring is 1. The van der Waals surface area contributed by atoms with Crippen LogP contribution in [0.4, 0.5) is 5.13 Å². The molecule has 2 aromatic rings. The number of hydrogen-bond acceptors (Lipinski definition) is 7. The molecule has 2 aromatic heterocycles. The zero-order chi connectivity index (χ0) is 12.1. The molecule has 0 spiro atoms. The number of anilines is 1. The molecule has 0 unspecified atom stereocenters. The molecule has 1 amide bonds. The summed E-state index contributed by atoms with van der Waals surface area (Å²) in [6.45, 7) is 0. The Labute approximate surface area is 105 Å². The van der Waals surface area contributed by atoms with Gasteiger partial charge < -0.3 is 5.73 Å². The van der Waals surface area contributed by atoms with Gasteiger partial charge in [0.25, 0.3) is 0 Å². The molecule has 0 atom stereocenters. The van der Waals surface area contributed by atoms with Crippen LogP contribution >= 0.6 is 22.7 Å². The first kappa shape index (κ1) is 11.7. The molecule has 0 saturated heterocycles. The second-order valence-corrected chi connectivity index (χ2v) is 5.09. The highest BCUT2D eigenvalue weighted by Gasteiger charge is 2.06. The summed E-state index contributed by atoms with van der Waals surface area (Å²) >= 11 is 2.74. The molecule has 2 heterocycles. The van der Waals surface area contributed by atoms with E-state index in [1.807, 2.05) is 17.5 Å². The van der Waals surface area contributed by atoms with Gasteiger partial charge in [0.1, 0.15) is 5.01 Å². The van der Waals surface area contributed by atoms with Crippen molar-refractivity contribution in [2.75, 3.05) is 5.73 Å². The number of amides is 1. The van der Waals surface area contributed by atoms with Crippen LogP contribution in [0, 0.1) is 0 Å². The van der Waals surface area contributed by atoms with Gasteiger partial charge in [-0.2, -0.15) is 5.10 Å². The van der Waals surface area contributed by atoms with E-state index in [4.69, 9.17) is 5.73 Å². The average Bonchev–Trinajstić information content (AvgIpc) is 2.90. The van der Waals surface area contributed by atoms with Gasteiger partial charge in [-0.15, -0.1) is 21.5 Å². The van der Waals surface area contributed by atoms with E-state index in [0.29, 0.717) is 10.1 Å². The highest BCUT2D eigenvalue weighted by molar-refractivity contribution is 7.15. The lowest BCUT2D eigenvalue weighted by Crippen LogP contribution is -2.19. The second kappa shape index (κ2) is 5.51. The van der Waals surface area contributed by atoms with Crippen molar-refractivity contribution < 1.29 is 4.79 Å². The minimum atomic E-state index is -0.242. The number of hydrazone groups is 1. The van der Waals surface area contributed by atoms with Gasteiger partial charge in [-0.3, -0.25) is 4.79 Å². The van der Waals surface area contributed by atoms with E-state index in [0.717, 1.165) is 4.88 Å². The second-order valence-electron chi connectivity index (χ2n) is 3.02. The van der Waals surface area contributed by atoms with Crippen molar-refractivity contribution in [3.63, 3.8) is 0 Å². The third-order valence-corrected chi connectivity index (χ3v) is 3.28. The van der Waals surface area contributed by atoms with Gasteiger partial charge in [0, 0.05) is 4.88 Å². The van der Waals surface area contributed by atoms with Gasteiger partial charge in [0.2, 0.25) is 11.0 Å². The Morgan fingerprint density at radius 3 is 3.12 bits per heavy atom. The van der Waals surface area contributed by atoms with Crippen LogP contribution in [0.3, 0.4) is 0 Å². The Morgan fingerprint density at radius 2 is 2.47 bits per heavy atom. The first-order valence-corrected chi connectivity index (χ1v) is 6.37. The van der Waals surface area contributed by atoms with E-state index in [1.165, 1.54) is 11.3 Å². The molecule has 0 aliphatic carbocycles. The molecular formula is C9H9N5OS2. The van der Waals surface area contributed by atoms with Crippen molar-refractivity contribution in [1.82, 2.24) is 15.6 Å². The van der Waals surface area contributed by atoms with Crippen molar-refractivity contribution >= 4 is 39.9 Å². The molecule has 0 aliphatic rings. The normalized spacial score (nSPS) is 10.8. The van der Waals surface area contributed by atoms with Gasteiger partial charge >= 0.3 is 0 Å². The SMILES string of the molecule is Nc1nnc(CC(=O)N/N=C\c2cccs2)s1. The largest absolute Gasteiger partial charge is 0.374 e. The molecule has 0 aliphatic heterocycles. The maximum atomic E-state index is 11.4. The molecule has 2 rings (SSSR count). The maximum Gasteiger partial charge on any atom is 0.247 e. The van der Waals surface area contributed by atoms with Crippen molar-refractivity contribution in [2.45, 2.75) is 6.42 Å². The summed E-state index contributed by atoms with van der Waals surface area (Å²) in [5.74, 6) is -0.242. The lowest BCUT2D eigenvalue weighted by atomic mass is 10.4. The lowest BCUT2D eigenvalue weighted by Gasteiger charge is -1.94. The van der Waals surface area contributed by atoms with E-state index in [2.05, 4.69) is 20.7 Å². The van der Waals surface area contributed by atoms with Gasteiger partial charge in [-0.25, -0.2) is 5.43 Å². The number of nitrogens with two attached hydrogens (primary N) is 1. The van der Waals surface area contributed by atoms with E-state index in [1.54, 1.807) is 17.6 Å². The molecule has 0 aromatic carbocycles. The minimum absolute atomic E-state index is 0.136. The number of nitrogens with zero attached hydrogens (tertiary/aromatic N) is 3. The number of hydrogen-bond donors (Lipinski definition) is 2. The van der Waals surface area contributed by atoms with Crippen LogP contribution in [-0.4, -0.2) is 22.3 Å². The summed E-state index contributed by atoms with van der Waals surface area (Å²) in [6.07, 6.45) is 1.73. The Hall–Kier alpha value is -1.80. The molecule has 0 bridgehead atoms. The van der Waals surface area contributed by atoms with E-state index < -0.39 is 0 Å². The number of thiophene rings is 1. The van der Waals surface area contributed by atoms with Crippen LogP contribution in [-0.2, 0) is 11.2 Å². The van der Waals surface area contributed by atoms with Crippen LogP contribution in [0.1, 0.15) is 9.88 Å². The fourth-order valence-electron chi connectivity index (χ4n) is 1.05. The Balaban J connectivity index is 1.82. The number of nitrogens with one attached hydrogen (secondary N) is 1. The summed E-state index contributed by atoms with van der Waals surface area (Å²) in [5.41, 5.74) is 7.82. The Kier molecular flexibility index (Phi) is 3.78. The molecule has 0 saturated carbocycles. The fourth-order valence-corrected chi connectivity index (χ4v) is 2.24. The van der Waals surface area contributed by atoms with Crippen molar-refractivity contribution in [1.29, 1.82) is 0 Å². The van der Waals surface area contributed by atoms with E-state index in [9.17, 15) is 4.79 Å². The summed E-state index contributed by atoms with van der Waals surface area (Å²) in [4.78, 5) is 12.4. The smallest absolute Gasteiger partial charge is 0.247 e. The highest BCUT2D eigenvalue weighted by atomic mass is 32.1. The van der Waals surface area contributed by atoms with Gasteiger partial charge in [-0.05, 0) is 11.4 Å². The van der Waals surface area contributed by atoms with Crippen molar-refractivity contribution in [3.05, 3.63) is 27.4 Å². The van der Waals surface area contributed by atoms with Crippen molar-refractivity contribution in [3.8, 4) is 0 Å². The zero-order valence-electron chi connectivity index (χ0n) is 8.66. The molecule has 6 nitrogen and oxygen atoms in total. The summed E-state index contributed by atoms with van der Waals surface area (Å²) in [6, 6.07) is 3.82. The zero-order valence-corrected chi connectivity index (χ0v) is 10.3. The number of aromatic nitrogens is 2. The lowest BCUT2D eigenvalue weighted by molar-refractivity contribution is -0.120. The van der Waals surface area contributed by atoms with Crippen LogP contribution in [0.5, 0.6) is 0 Å². The summed E-state index contributed by atoms with van der Waals surface area (Å²) < 4.78 is 0. The number of carbonyl (C=O) groups is 1. The van der Waals surface area contributed by atoms with Gasteiger partial charge in [0.15, 0.2) is 0 Å². The van der Waals surface area contributed by atoms with Gasteiger partial charge in [-0.1, -0.05) is 17.4 Å². The summed E-state index contributed by atoms with van der Waals surface area (Å²) in [7, 11) is 0. The first-order valence-electron chi connectivity index (χ1n) is 4.67. The van der Waals surface area contributed by atoms with Crippen molar-refractivity contribution in [2.24, 2.45) is 5.10 Å². The molecule has 8 heteroatoms. The van der Waals surface area contributed by atoms with E-state index >= 15 is 0 Å². The predicted molar refractivity (Wildman–Crippen MR) is 68.1 cm³/mol. The predicted octanol–water partition coefficient (Wildman–Crippen LogP) is 0.875. The average molecular weight is 267 g/mol. The Bertz CT molecular complexity index is 519. The minimum Gasteiger partial charge on any atom is -0.374 e. The standard InChI is InChI=1S/C9H9N5OS2/c10-9-14-13-8(17-9)4-7(15)12-11-5-6-2-1-3-16-6/h1-3,5H,4H2,(H2,10,14)(H,12,15)/b11-5-. The summed E-state index contributed by atoms with van der Waals surface area (Å²) in [5, 5.41) is 14.1. The highest BCUT2D eigenvalue weighted by Crippen LogP contribution is 2.11. The van der Waals surface area contributed by atoms with Crippen LogP contribution in [0.25, 0.3) is 0 Å². The topological polar surface area (TPSA) is 93.3 Å². The van der Waals surface area contributed by atoms with Crippen LogP contribution in [0.15, 0.2) is 22.6 Å². The molecule has 0 fully saturated rings. The van der Waals surface area contributed by atoms with Crippen LogP contribution < -0.4 is 11.2 Å². The monoisotopic (exact) mass is 267 g/mol. The maximum absolute atomic E-state index is 11.4. The fraction of sp³-hybridized carbons (Fsp3) is 0.111. The van der Waals surface area contributed by atoms with Crippen LogP contribution in [0.2, 0.25) is 0 Å². The molecule has 3 N–H and O–H groups in total. The number of rotatable bonds is 4. The third kappa shape index (κ3) is 3.61. The molecular weight excluding hydrogens is 258 g/mol. The molecule has 0 radical (unpaired) electrons. The third-order valence-electron chi connectivity index (χ3n) is 1.72. The van der Waals surface area contributed by atoms with E-state index in [-0.39, 0.29) is 12.3 Å². The van der Waals surface area contributed by atoms with Gasteiger partial charge in [0.05, 0.1) is 12.6 Å². The molecule has 88 valence electrons. The Morgan fingerprint density at radius 1 is 1.59 bits per heavy atom. The number of carbonyl (C=O) groups excluding carboxylic acids is 1. The first-order chi connectivity index (χ1) is 8.24. The molecule has 17 heavy (non-hydrogen) atoms.